The third-order valence-corrected chi connectivity index (χ3v) is 10.8. The van der Waals surface area contributed by atoms with Gasteiger partial charge in [0.1, 0.15) is 6.10 Å². The molecular formula is C27H43F3O. The third-order valence-electron chi connectivity index (χ3n) is 10.8. The van der Waals surface area contributed by atoms with Crippen LogP contribution in [0.15, 0.2) is 11.6 Å². The number of aliphatic hydroxyl groups excluding tert-OH is 1. The van der Waals surface area contributed by atoms with Crippen LogP contribution in [0.5, 0.6) is 0 Å². The zero-order chi connectivity index (χ0) is 22.6. The lowest BCUT2D eigenvalue weighted by molar-refractivity contribution is -0.206. The highest BCUT2D eigenvalue weighted by Crippen LogP contribution is 2.67. The Morgan fingerprint density at radius 2 is 1.81 bits per heavy atom. The van der Waals surface area contributed by atoms with E-state index in [0.29, 0.717) is 23.7 Å². The normalized spacial score (nSPS) is 44.6. The van der Waals surface area contributed by atoms with Gasteiger partial charge in [0.25, 0.3) is 0 Å². The van der Waals surface area contributed by atoms with E-state index in [1.54, 1.807) is 5.57 Å². The van der Waals surface area contributed by atoms with Crippen molar-refractivity contribution in [2.24, 2.45) is 46.3 Å². The molecule has 4 rings (SSSR count). The van der Waals surface area contributed by atoms with Crippen LogP contribution in [-0.4, -0.2) is 17.4 Å². The second-order valence-corrected chi connectivity index (χ2v) is 12.1. The van der Waals surface area contributed by atoms with Gasteiger partial charge in [-0.1, -0.05) is 45.8 Å². The molecular weight excluding hydrogens is 397 g/mol. The average Bonchev–Trinajstić information content (AvgIpc) is 3.07. The summed E-state index contributed by atoms with van der Waals surface area (Å²) in [6.45, 7) is 9.48. The number of fused-ring (bicyclic) bond motifs is 5. The molecule has 1 nitrogen and oxygen atoms in total. The van der Waals surface area contributed by atoms with E-state index >= 15 is 0 Å². The summed E-state index contributed by atoms with van der Waals surface area (Å²) in [5, 5.41) is 9.47. The fourth-order valence-corrected chi connectivity index (χ4v) is 8.85. The van der Waals surface area contributed by atoms with E-state index in [2.05, 4.69) is 33.8 Å². The molecule has 4 aliphatic rings. The molecule has 3 saturated carbocycles. The quantitative estimate of drug-likeness (QED) is 0.430. The third kappa shape index (κ3) is 4.02. The molecule has 178 valence electrons. The van der Waals surface area contributed by atoms with E-state index in [0.717, 1.165) is 24.2 Å². The molecule has 0 bridgehead atoms. The van der Waals surface area contributed by atoms with Gasteiger partial charge in [-0.05, 0) is 111 Å². The predicted octanol–water partition coefficient (Wildman–Crippen LogP) is 7.93. The highest BCUT2D eigenvalue weighted by atomic mass is 19.4. The van der Waals surface area contributed by atoms with Crippen molar-refractivity contribution in [2.75, 3.05) is 0 Å². The van der Waals surface area contributed by atoms with Crippen molar-refractivity contribution >= 4 is 0 Å². The SMILES string of the molecule is CCC1CCC2(C)C(=CCC3C2CCC2(C)C(C(C)CCC(O)C(F)(F)F)CCC32)C1. The maximum atomic E-state index is 12.8. The zero-order valence-corrected chi connectivity index (χ0v) is 20.0. The Bertz CT molecular complexity index is 684. The van der Waals surface area contributed by atoms with Crippen LogP contribution in [0.3, 0.4) is 0 Å². The number of rotatable bonds is 5. The van der Waals surface area contributed by atoms with Gasteiger partial charge in [-0.15, -0.1) is 0 Å². The van der Waals surface area contributed by atoms with Crippen LogP contribution in [-0.2, 0) is 0 Å². The summed E-state index contributed by atoms with van der Waals surface area (Å²) in [5.74, 6) is 3.87. The minimum absolute atomic E-state index is 0.156. The Morgan fingerprint density at radius 3 is 2.48 bits per heavy atom. The van der Waals surface area contributed by atoms with Gasteiger partial charge in [0, 0.05) is 0 Å². The molecule has 3 fully saturated rings. The molecule has 0 amide bonds. The molecule has 0 aromatic rings. The smallest absolute Gasteiger partial charge is 0.384 e. The molecule has 9 atom stereocenters. The van der Waals surface area contributed by atoms with E-state index < -0.39 is 12.3 Å². The lowest BCUT2D eigenvalue weighted by Gasteiger charge is -2.58. The molecule has 4 heteroatoms. The number of allylic oxidation sites excluding steroid dienone is 2. The highest BCUT2D eigenvalue weighted by molar-refractivity contribution is 5.25. The summed E-state index contributed by atoms with van der Waals surface area (Å²) in [6, 6.07) is 0. The van der Waals surface area contributed by atoms with E-state index in [9.17, 15) is 18.3 Å². The summed E-state index contributed by atoms with van der Waals surface area (Å²) in [6.07, 6.45) is 7.73. The second-order valence-electron chi connectivity index (χ2n) is 12.1. The summed E-state index contributed by atoms with van der Waals surface area (Å²) in [5.41, 5.74) is 2.39. The summed E-state index contributed by atoms with van der Waals surface area (Å²) in [7, 11) is 0. The molecule has 0 spiro atoms. The number of aliphatic hydroxyl groups is 1. The van der Waals surface area contributed by atoms with Crippen LogP contribution < -0.4 is 0 Å². The maximum Gasteiger partial charge on any atom is 0.414 e. The Morgan fingerprint density at radius 1 is 1.06 bits per heavy atom. The van der Waals surface area contributed by atoms with Crippen molar-refractivity contribution in [2.45, 2.75) is 111 Å². The fraction of sp³-hybridized carbons (Fsp3) is 0.926. The monoisotopic (exact) mass is 440 g/mol. The molecule has 0 aromatic heterocycles. The molecule has 9 unspecified atom stereocenters. The Labute approximate surface area is 187 Å². The number of alkyl halides is 3. The van der Waals surface area contributed by atoms with Crippen molar-refractivity contribution in [1.82, 2.24) is 0 Å². The molecule has 1 N–H and O–H groups in total. The van der Waals surface area contributed by atoms with Gasteiger partial charge in [0.05, 0.1) is 0 Å². The average molecular weight is 441 g/mol. The summed E-state index contributed by atoms with van der Waals surface area (Å²) < 4.78 is 38.3. The predicted molar refractivity (Wildman–Crippen MR) is 119 cm³/mol. The number of hydrogen-bond donors (Lipinski definition) is 1. The van der Waals surface area contributed by atoms with Crippen LogP contribution in [0.2, 0.25) is 0 Å². The van der Waals surface area contributed by atoms with Gasteiger partial charge >= 0.3 is 6.18 Å². The molecule has 0 aromatic carbocycles. The first-order valence-electron chi connectivity index (χ1n) is 12.9. The minimum Gasteiger partial charge on any atom is -0.384 e. The molecule has 0 radical (unpaired) electrons. The van der Waals surface area contributed by atoms with Crippen molar-refractivity contribution in [3.63, 3.8) is 0 Å². The summed E-state index contributed by atoms with van der Waals surface area (Å²) in [4.78, 5) is 0. The van der Waals surface area contributed by atoms with Crippen LogP contribution in [0.1, 0.15) is 98.3 Å². The fourth-order valence-electron chi connectivity index (χ4n) is 8.85. The van der Waals surface area contributed by atoms with E-state index in [1.807, 2.05) is 0 Å². The lowest BCUT2D eigenvalue weighted by Crippen LogP contribution is -2.50. The van der Waals surface area contributed by atoms with Gasteiger partial charge < -0.3 is 5.11 Å². The first-order valence-corrected chi connectivity index (χ1v) is 12.9. The molecule has 31 heavy (non-hydrogen) atoms. The number of halogens is 3. The zero-order valence-electron chi connectivity index (χ0n) is 20.0. The molecule has 4 aliphatic carbocycles. The molecule has 0 heterocycles. The van der Waals surface area contributed by atoms with Crippen LogP contribution >= 0.6 is 0 Å². The van der Waals surface area contributed by atoms with Gasteiger partial charge in [-0.3, -0.25) is 0 Å². The van der Waals surface area contributed by atoms with Crippen LogP contribution in [0.25, 0.3) is 0 Å². The van der Waals surface area contributed by atoms with Crippen molar-refractivity contribution < 1.29 is 18.3 Å². The minimum atomic E-state index is -4.49. The van der Waals surface area contributed by atoms with Gasteiger partial charge in [0.2, 0.25) is 0 Å². The van der Waals surface area contributed by atoms with Gasteiger partial charge in [-0.2, -0.15) is 13.2 Å². The largest absolute Gasteiger partial charge is 0.414 e. The number of hydrogen-bond acceptors (Lipinski definition) is 1. The first-order chi connectivity index (χ1) is 14.5. The van der Waals surface area contributed by atoms with Gasteiger partial charge in [0.15, 0.2) is 0 Å². The van der Waals surface area contributed by atoms with E-state index in [1.165, 1.54) is 51.4 Å². The Balaban J connectivity index is 1.47. The standard InChI is InChI=1S/C27H43F3O/c1-5-18-12-14-25(3)19(16-18)7-8-20-22-10-9-21(26(22,4)15-13-23(20)25)17(2)6-11-24(31)27(28,29)30/h7,17-18,20-24,31H,5-6,8-16H2,1-4H3. The molecule has 0 saturated heterocycles. The first kappa shape index (κ1) is 23.6. The van der Waals surface area contributed by atoms with Crippen molar-refractivity contribution in [1.29, 1.82) is 0 Å². The lowest BCUT2D eigenvalue weighted by atomic mass is 9.46. The Kier molecular flexibility index (Phi) is 6.38. The second kappa shape index (κ2) is 8.37. The van der Waals surface area contributed by atoms with Crippen molar-refractivity contribution in [3.05, 3.63) is 11.6 Å². The molecule has 0 aliphatic heterocycles. The summed E-state index contributed by atoms with van der Waals surface area (Å²) >= 11 is 0. The van der Waals surface area contributed by atoms with E-state index in [4.69, 9.17) is 0 Å². The topological polar surface area (TPSA) is 20.2 Å². The van der Waals surface area contributed by atoms with E-state index in [-0.39, 0.29) is 17.8 Å². The maximum absolute atomic E-state index is 12.8. The highest BCUT2D eigenvalue weighted by Gasteiger charge is 2.59. The van der Waals surface area contributed by atoms with Crippen molar-refractivity contribution in [3.8, 4) is 0 Å². The van der Waals surface area contributed by atoms with Gasteiger partial charge in [-0.25, -0.2) is 0 Å². The van der Waals surface area contributed by atoms with Crippen LogP contribution in [0.4, 0.5) is 13.2 Å². The van der Waals surface area contributed by atoms with Crippen LogP contribution in [0, 0.1) is 46.3 Å². The Hall–Kier alpha value is -0.510.